The van der Waals surface area contributed by atoms with Crippen LogP contribution >= 0.6 is 0 Å². The summed E-state index contributed by atoms with van der Waals surface area (Å²) in [4.78, 5) is 0.200. The molecule has 2 aromatic carbocycles. The number of aliphatic hydroxyl groups is 1. The number of aromatic nitrogens is 2. The number of nitrogens with zero attached hydrogens (tertiary/aromatic N) is 2. The van der Waals surface area contributed by atoms with Crippen LogP contribution in [0.25, 0.3) is 11.1 Å². The van der Waals surface area contributed by atoms with Gasteiger partial charge in [-0.1, -0.05) is 48.5 Å². The van der Waals surface area contributed by atoms with Crippen molar-refractivity contribution in [3.05, 3.63) is 67.0 Å². The van der Waals surface area contributed by atoms with Crippen LogP contribution in [0.1, 0.15) is 0 Å². The summed E-state index contributed by atoms with van der Waals surface area (Å²) in [6.45, 7) is 0.243. The molecule has 0 aliphatic rings. The zero-order valence-corrected chi connectivity index (χ0v) is 13.6. The van der Waals surface area contributed by atoms with Crippen molar-refractivity contribution in [1.29, 1.82) is 0 Å². The molecule has 0 fully saturated rings. The molecule has 1 heterocycles. The molecular weight excluding hydrogens is 326 g/mol. The fourth-order valence-corrected chi connectivity index (χ4v) is 3.67. The molecule has 3 rings (SSSR count). The molecule has 3 aromatic rings. The molecule has 0 aliphatic heterocycles. The predicted molar refractivity (Wildman–Crippen MR) is 92.0 cm³/mol. The van der Waals surface area contributed by atoms with Crippen LogP contribution in [-0.2, 0) is 16.6 Å². The van der Waals surface area contributed by atoms with Crippen molar-refractivity contribution in [1.82, 2.24) is 9.78 Å². The molecule has 1 aromatic heterocycles. The van der Waals surface area contributed by atoms with Crippen molar-refractivity contribution < 1.29 is 13.5 Å². The Morgan fingerprint density at radius 3 is 2.50 bits per heavy atom. The van der Waals surface area contributed by atoms with Crippen LogP contribution in [-0.4, -0.2) is 29.9 Å². The lowest BCUT2D eigenvalue weighted by Crippen LogP contribution is -2.13. The number of hydrogen-bond acceptors (Lipinski definition) is 4. The van der Waals surface area contributed by atoms with Gasteiger partial charge in [-0.2, -0.15) is 5.10 Å². The Kier molecular flexibility index (Phi) is 4.64. The molecule has 0 saturated heterocycles. The SMILES string of the molecule is O=S(=O)(Nc1cnn(CCO)c1)c1ccccc1-c1ccccc1. The van der Waals surface area contributed by atoms with E-state index in [2.05, 4.69) is 9.82 Å². The maximum atomic E-state index is 12.8. The van der Waals surface area contributed by atoms with Gasteiger partial charge in [-0.25, -0.2) is 8.42 Å². The third kappa shape index (κ3) is 3.47. The summed E-state index contributed by atoms with van der Waals surface area (Å²) in [6, 6.07) is 16.2. The molecular formula is C17H17N3O3S. The predicted octanol–water partition coefficient (Wildman–Crippen LogP) is 2.34. The van der Waals surface area contributed by atoms with Crippen LogP contribution in [0.5, 0.6) is 0 Å². The normalized spacial score (nSPS) is 11.4. The molecule has 0 unspecified atom stereocenters. The van der Waals surface area contributed by atoms with E-state index < -0.39 is 10.0 Å². The smallest absolute Gasteiger partial charge is 0.262 e. The van der Waals surface area contributed by atoms with E-state index in [1.165, 1.54) is 10.9 Å². The Hall–Kier alpha value is -2.64. The molecule has 124 valence electrons. The van der Waals surface area contributed by atoms with Crippen LogP contribution in [0, 0.1) is 0 Å². The van der Waals surface area contributed by atoms with Gasteiger partial charge in [0.15, 0.2) is 0 Å². The van der Waals surface area contributed by atoms with Crippen molar-refractivity contribution in [2.45, 2.75) is 11.4 Å². The minimum Gasteiger partial charge on any atom is -0.394 e. The topological polar surface area (TPSA) is 84.2 Å². The van der Waals surface area contributed by atoms with Gasteiger partial charge < -0.3 is 5.11 Å². The highest BCUT2D eigenvalue weighted by Gasteiger charge is 2.19. The monoisotopic (exact) mass is 343 g/mol. The van der Waals surface area contributed by atoms with Crippen molar-refractivity contribution in [2.75, 3.05) is 11.3 Å². The maximum absolute atomic E-state index is 12.8. The van der Waals surface area contributed by atoms with Crippen LogP contribution in [0.2, 0.25) is 0 Å². The Bertz CT molecular complexity index is 921. The third-order valence-electron chi connectivity index (χ3n) is 3.48. The van der Waals surface area contributed by atoms with Gasteiger partial charge in [-0.3, -0.25) is 9.40 Å². The van der Waals surface area contributed by atoms with Crippen LogP contribution < -0.4 is 4.72 Å². The second kappa shape index (κ2) is 6.86. The number of anilines is 1. The van der Waals surface area contributed by atoms with Crippen molar-refractivity contribution >= 4 is 15.7 Å². The minimum absolute atomic E-state index is 0.0648. The molecule has 0 amide bonds. The molecule has 0 bridgehead atoms. The summed E-state index contributed by atoms with van der Waals surface area (Å²) < 4.78 is 29.5. The summed E-state index contributed by atoms with van der Waals surface area (Å²) in [7, 11) is -3.76. The molecule has 0 spiro atoms. The number of hydrogen-bond donors (Lipinski definition) is 2. The number of sulfonamides is 1. The first kappa shape index (κ1) is 16.2. The largest absolute Gasteiger partial charge is 0.394 e. The average molecular weight is 343 g/mol. The van der Waals surface area contributed by atoms with Crippen molar-refractivity contribution in [2.24, 2.45) is 0 Å². The summed E-state index contributed by atoms with van der Waals surface area (Å²) in [5.41, 5.74) is 1.81. The standard InChI is InChI=1S/C17H17N3O3S/c21-11-10-20-13-15(12-18-20)19-24(22,23)17-9-5-4-8-16(17)14-6-2-1-3-7-14/h1-9,12-13,19,21H,10-11H2. The van der Waals surface area contributed by atoms with Gasteiger partial charge in [-0.15, -0.1) is 0 Å². The van der Waals surface area contributed by atoms with Gasteiger partial charge in [0.05, 0.1) is 29.9 Å². The molecule has 0 saturated carbocycles. The maximum Gasteiger partial charge on any atom is 0.262 e. The fourth-order valence-electron chi connectivity index (χ4n) is 2.41. The summed E-state index contributed by atoms with van der Waals surface area (Å²) in [6.07, 6.45) is 2.96. The summed E-state index contributed by atoms with van der Waals surface area (Å²) in [5.74, 6) is 0. The first-order valence-corrected chi connectivity index (χ1v) is 8.89. The Morgan fingerprint density at radius 1 is 1.04 bits per heavy atom. The lowest BCUT2D eigenvalue weighted by atomic mass is 10.1. The van der Waals surface area contributed by atoms with Gasteiger partial charge >= 0.3 is 0 Å². The zero-order valence-electron chi connectivity index (χ0n) is 12.8. The Morgan fingerprint density at radius 2 is 1.75 bits per heavy atom. The van der Waals surface area contributed by atoms with Gasteiger partial charge in [-0.05, 0) is 11.6 Å². The van der Waals surface area contributed by atoms with Crippen LogP contribution in [0.3, 0.4) is 0 Å². The summed E-state index contributed by atoms with van der Waals surface area (Å²) >= 11 is 0. The first-order chi connectivity index (χ1) is 11.6. The van der Waals surface area contributed by atoms with E-state index >= 15 is 0 Å². The van der Waals surface area contributed by atoms with Gasteiger partial charge in [0.2, 0.25) is 0 Å². The quantitative estimate of drug-likeness (QED) is 0.719. The third-order valence-corrected chi connectivity index (χ3v) is 4.92. The molecule has 6 nitrogen and oxygen atoms in total. The lowest BCUT2D eigenvalue weighted by Gasteiger charge is -2.11. The lowest BCUT2D eigenvalue weighted by molar-refractivity contribution is 0.269. The molecule has 0 atom stereocenters. The van der Waals surface area contributed by atoms with E-state index in [1.807, 2.05) is 30.3 Å². The molecule has 0 radical (unpaired) electrons. The summed E-state index contributed by atoms with van der Waals surface area (Å²) in [5, 5.41) is 12.9. The number of benzene rings is 2. The average Bonchev–Trinajstić information content (AvgIpc) is 3.02. The number of nitrogens with one attached hydrogen (secondary N) is 1. The highest BCUT2D eigenvalue weighted by Crippen LogP contribution is 2.28. The van der Waals surface area contributed by atoms with Gasteiger partial charge in [0, 0.05) is 11.8 Å². The van der Waals surface area contributed by atoms with Crippen molar-refractivity contribution in [3.63, 3.8) is 0 Å². The molecule has 24 heavy (non-hydrogen) atoms. The molecule has 0 aliphatic carbocycles. The van der Waals surface area contributed by atoms with Gasteiger partial charge in [0.25, 0.3) is 10.0 Å². The second-order valence-corrected chi connectivity index (χ2v) is 6.83. The zero-order chi connectivity index (χ0) is 17.0. The van der Waals surface area contributed by atoms with Crippen LogP contribution in [0.15, 0.2) is 71.9 Å². The van der Waals surface area contributed by atoms with E-state index in [1.54, 1.807) is 30.5 Å². The number of rotatable bonds is 6. The molecule has 2 N–H and O–H groups in total. The second-order valence-electron chi connectivity index (χ2n) is 5.18. The minimum atomic E-state index is -3.76. The van der Waals surface area contributed by atoms with E-state index in [0.717, 1.165) is 5.56 Å². The molecule has 7 heteroatoms. The highest BCUT2D eigenvalue weighted by molar-refractivity contribution is 7.92. The van der Waals surface area contributed by atoms with E-state index in [9.17, 15) is 8.42 Å². The Labute approximate surface area is 140 Å². The van der Waals surface area contributed by atoms with E-state index in [0.29, 0.717) is 17.8 Å². The van der Waals surface area contributed by atoms with Crippen LogP contribution in [0.4, 0.5) is 5.69 Å². The first-order valence-electron chi connectivity index (χ1n) is 7.41. The highest BCUT2D eigenvalue weighted by atomic mass is 32.2. The fraction of sp³-hybridized carbons (Fsp3) is 0.118. The van der Waals surface area contributed by atoms with Crippen molar-refractivity contribution in [3.8, 4) is 11.1 Å². The van der Waals surface area contributed by atoms with Gasteiger partial charge in [0.1, 0.15) is 0 Å². The number of aliphatic hydroxyl groups excluding tert-OH is 1. The van der Waals surface area contributed by atoms with E-state index in [-0.39, 0.29) is 11.5 Å². The Balaban J connectivity index is 1.95. The van der Waals surface area contributed by atoms with E-state index in [4.69, 9.17) is 5.11 Å².